The molecule has 0 spiro atoms. The van der Waals surface area contributed by atoms with Gasteiger partial charge in [-0.25, -0.2) is 4.68 Å². The summed E-state index contributed by atoms with van der Waals surface area (Å²) in [6, 6.07) is 2.07. The fraction of sp³-hybridized carbons (Fsp3) is 0.400. The molecule has 86 valence electrons. The summed E-state index contributed by atoms with van der Waals surface area (Å²) in [4.78, 5) is 1.32. The first-order chi connectivity index (χ1) is 7.81. The van der Waals surface area contributed by atoms with Crippen molar-refractivity contribution in [1.29, 1.82) is 0 Å². The maximum absolute atomic E-state index is 3.99. The predicted molar refractivity (Wildman–Crippen MR) is 68.3 cm³/mol. The van der Waals surface area contributed by atoms with Gasteiger partial charge in [0.2, 0.25) is 0 Å². The zero-order chi connectivity index (χ0) is 11.4. The third-order valence-electron chi connectivity index (χ3n) is 2.28. The predicted octanol–water partition coefficient (Wildman–Crippen LogP) is 2.41. The number of hydrogen-bond donors (Lipinski definition) is 1. The summed E-state index contributed by atoms with van der Waals surface area (Å²) in [5, 5.41) is 13.3. The van der Waals surface area contributed by atoms with E-state index in [0.29, 0.717) is 0 Å². The van der Waals surface area contributed by atoms with E-state index in [2.05, 4.69) is 49.9 Å². The second-order valence-corrected chi connectivity index (χ2v) is 5.19. The van der Waals surface area contributed by atoms with Crippen molar-refractivity contribution in [2.45, 2.75) is 26.6 Å². The highest BCUT2D eigenvalue weighted by molar-refractivity contribution is 9.10. The molecular formula is C10H13BrN4S. The Morgan fingerprint density at radius 2 is 2.38 bits per heavy atom. The Labute approximate surface area is 107 Å². The molecule has 16 heavy (non-hydrogen) atoms. The van der Waals surface area contributed by atoms with Crippen molar-refractivity contribution in [1.82, 2.24) is 20.3 Å². The molecule has 0 unspecified atom stereocenters. The summed E-state index contributed by atoms with van der Waals surface area (Å²) >= 11 is 5.26. The minimum atomic E-state index is 0.797. The molecule has 0 fully saturated rings. The molecule has 2 rings (SSSR count). The number of nitrogens with one attached hydrogen (secondary N) is 1. The van der Waals surface area contributed by atoms with Crippen LogP contribution in [0, 0.1) is 0 Å². The van der Waals surface area contributed by atoms with Gasteiger partial charge in [0.15, 0.2) is 0 Å². The number of aromatic nitrogens is 3. The third-order valence-corrected chi connectivity index (χ3v) is 4.21. The van der Waals surface area contributed by atoms with Crippen molar-refractivity contribution in [3.63, 3.8) is 0 Å². The monoisotopic (exact) mass is 300 g/mol. The molecule has 0 atom stereocenters. The molecule has 2 aromatic rings. The van der Waals surface area contributed by atoms with E-state index < -0.39 is 0 Å². The molecule has 2 heterocycles. The van der Waals surface area contributed by atoms with E-state index in [0.717, 1.165) is 25.3 Å². The molecule has 0 amide bonds. The van der Waals surface area contributed by atoms with Gasteiger partial charge in [-0.1, -0.05) is 5.21 Å². The van der Waals surface area contributed by atoms with Gasteiger partial charge in [-0.3, -0.25) is 0 Å². The minimum Gasteiger partial charge on any atom is -0.306 e. The Morgan fingerprint density at radius 3 is 3.06 bits per heavy atom. The number of rotatable bonds is 5. The molecule has 0 aliphatic heterocycles. The number of nitrogens with zero attached hydrogens (tertiary/aromatic N) is 3. The number of aryl methyl sites for hydroxylation is 1. The van der Waals surface area contributed by atoms with Crippen LogP contribution < -0.4 is 5.32 Å². The largest absolute Gasteiger partial charge is 0.306 e. The fourth-order valence-corrected chi connectivity index (χ4v) is 2.90. The molecule has 0 aromatic carbocycles. The maximum Gasteiger partial charge on any atom is 0.0738 e. The van der Waals surface area contributed by atoms with E-state index >= 15 is 0 Å². The molecule has 0 saturated heterocycles. The van der Waals surface area contributed by atoms with E-state index in [1.807, 2.05) is 4.68 Å². The lowest BCUT2D eigenvalue weighted by atomic mass is 10.4. The van der Waals surface area contributed by atoms with Crippen LogP contribution in [0.2, 0.25) is 0 Å². The van der Waals surface area contributed by atoms with Crippen molar-refractivity contribution in [2.75, 3.05) is 0 Å². The van der Waals surface area contributed by atoms with Crippen LogP contribution in [-0.4, -0.2) is 15.0 Å². The van der Waals surface area contributed by atoms with Crippen LogP contribution in [0.15, 0.2) is 22.1 Å². The smallest absolute Gasteiger partial charge is 0.0738 e. The first-order valence-electron chi connectivity index (χ1n) is 5.11. The summed E-state index contributed by atoms with van der Waals surface area (Å²) in [5.74, 6) is 0. The average molecular weight is 301 g/mol. The molecule has 0 aliphatic carbocycles. The van der Waals surface area contributed by atoms with Crippen molar-refractivity contribution in [3.05, 3.63) is 32.7 Å². The van der Waals surface area contributed by atoms with E-state index in [9.17, 15) is 0 Å². The topological polar surface area (TPSA) is 42.7 Å². The fourth-order valence-electron chi connectivity index (χ4n) is 1.44. The van der Waals surface area contributed by atoms with Gasteiger partial charge in [-0.2, -0.15) is 0 Å². The van der Waals surface area contributed by atoms with Crippen LogP contribution in [0.4, 0.5) is 0 Å². The Bertz CT molecular complexity index is 451. The van der Waals surface area contributed by atoms with Gasteiger partial charge in [0, 0.05) is 29.0 Å². The van der Waals surface area contributed by atoms with Crippen molar-refractivity contribution in [2.24, 2.45) is 0 Å². The quantitative estimate of drug-likeness (QED) is 0.922. The van der Waals surface area contributed by atoms with Crippen molar-refractivity contribution >= 4 is 27.3 Å². The Hall–Kier alpha value is -0.720. The summed E-state index contributed by atoms with van der Waals surface area (Å²) in [6.45, 7) is 4.59. The van der Waals surface area contributed by atoms with Gasteiger partial charge in [-0.15, -0.1) is 16.4 Å². The first kappa shape index (κ1) is 11.8. The second kappa shape index (κ2) is 5.56. The molecular weight excluding hydrogens is 288 g/mol. The van der Waals surface area contributed by atoms with Gasteiger partial charge in [0.05, 0.1) is 11.9 Å². The Balaban J connectivity index is 1.87. The zero-order valence-electron chi connectivity index (χ0n) is 8.98. The van der Waals surface area contributed by atoms with E-state index in [4.69, 9.17) is 0 Å². The standard InChI is InChI=1S/C10H13BrN4S/c1-2-15-8(6-13-14-15)5-12-7-10-9(11)3-4-16-10/h3-4,6,12H,2,5,7H2,1H3. The van der Waals surface area contributed by atoms with Crippen LogP contribution in [0.25, 0.3) is 0 Å². The summed E-state index contributed by atoms with van der Waals surface area (Å²) in [7, 11) is 0. The lowest BCUT2D eigenvalue weighted by Gasteiger charge is -2.04. The molecule has 4 nitrogen and oxygen atoms in total. The van der Waals surface area contributed by atoms with Gasteiger partial charge < -0.3 is 5.32 Å². The van der Waals surface area contributed by atoms with Crippen LogP contribution >= 0.6 is 27.3 Å². The number of halogens is 1. The average Bonchev–Trinajstić information content (AvgIpc) is 2.88. The van der Waals surface area contributed by atoms with Crippen LogP contribution in [0.1, 0.15) is 17.5 Å². The molecule has 0 radical (unpaired) electrons. The van der Waals surface area contributed by atoms with Gasteiger partial charge in [-0.05, 0) is 34.3 Å². The first-order valence-corrected chi connectivity index (χ1v) is 6.78. The summed E-state index contributed by atoms with van der Waals surface area (Å²) < 4.78 is 3.07. The summed E-state index contributed by atoms with van der Waals surface area (Å²) in [5.41, 5.74) is 1.12. The van der Waals surface area contributed by atoms with E-state index in [-0.39, 0.29) is 0 Å². The molecule has 1 N–H and O–H groups in total. The highest BCUT2D eigenvalue weighted by Crippen LogP contribution is 2.22. The van der Waals surface area contributed by atoms with Crippen LogP contribution in [0.5, 0.6) is 0 Å². The van der Waals surface area contributed by atoms with Gasteiger partial charge in [0.1, 0.15) is 0 Å². The minimum absolute atomic E-state index is 0.797. The Morgan fingerprint density at radius 1 is 1.50 bits per heavy atom. The third kappa shape index (κ3) is 2.69. The number of thiophene rings is 1. The molecule has 0 bridgehead atoms. The van der Waals surface area contributed by atoms with Gasteiger partial charge >= 0.3 is 0 Å². The Kier molecular flexibility index (Phi) is 4.09. The van der Waals surface area contributed by atoms with Crippen LogP contribution in [-0.2, 0) is 19.6 Å². The SMILES string of the molecule is CCn1nncc1CNCc1sccc1Br. The van der Waals surface area contributed by atoms with Crippen molar-refractivity contribution in [3.8, 4) is 0 Å². The summed E-state index contributed by atoms with van der Waals surface area (Å²) in [6.07, 6.45) is 1.81. The van der Waals surface area contributed by atoms with E-state index in [1.165, 1.54) is 9.35 Å². The molecule has 2 aromatic heterocycles. The lowest BCUT2D eigenvalue weighted by Crippen LogP contribution is -2.15. The van der Waals surface area contributed by atoms with Gasteiger partial charge in [0.25, 0.3) is 0 Å². The molecule has 0 saturated carbocycles. The molecule has 0 aliphatic rings. The normalized spacial score (nSPS) is 10.9. The van der Waals surface area contributed by atoms with Crippen molar-refractivity contribution < 1.29 is 0 Å². The van der Waals surface area contributed by atoms with Crippen LogP contribution in [0.3, 0.4) is 0 Å². The number of hydrogen-bond acceptors (Lipinski definition) is 4. The lowest BCUT2D eigenvalue weighted by molar-refractivity contribution is 0.569. The highest BCUT2D eigenvalue weighted by atomic mass is 79.9. The van der Waals surface area contributed by atoms with E-state index in [1.54, 1.807) is 17.5 Å². The second-order valence-electron chi connectivity index (χ2n) is 3.34. The molecule has 6 heteroatoms. The zero-order valence-corrected chi connectivity index (χ0v) is 11.4. The highest BCUT2D eigenvalue weighted by Gasteiger charge is 2.03. The maximum atomic E-state index is 3.99.